The first-order valence-corrected chi connectivity index (χ1v) is 13.9. The molecule has 6 nitrogen and oxygen atoms in total. The van der Waals surface area contributed by atoms with Gasteiger partial charge in [0.1, 0.15) is 11.0 Å². The fraction of sp³-hybridized carbons (Fsp3) is 0.379. The van der Waals surface area contributed by atoms with Gasteiger partial charge in [-0.25, -0.2) is 9.97 Å². The minimum atomic E-state index is -0.0478. The van der Waals surface area contributed by atoms with Gasteiger partial charge < -0.3 is 19.7 Å². The smallest absolute Gasteiger partial charge is 0.160 e. The van der Waals surface area contributed by atoms with Crippen LogP contribution in [0.1, 0.15) is 58.3 Å². The zero-order valence-corrected chi connectivity index (χ0v) is 24.3. The van der Waals surface area contributed by atoms with Crippen LogP contribution in [0.3, 0.4) is 0 Å². The molecular formula is C29H34Cl4N2O4. The molecular weight excluding hydrogens is 582 g/mol. The Labute approximate surface area is 249 Å². The van der Waals surface area contributed by atoms with Crippen LogP contribution in [0.15, 0.2) is 36.4 Å². The van der Waals surface area contributed by atoms with E-state index < -0.39 is 0 Å². The third-order valence-electron chi connectivity index (χ3n) is 5.57. The molecule has 0 saturated carbocycles. The first-order valence-electron chi connectivity index (χ1n) is 12.3. The monoisotopic (exact) mass is 614 g/mol. The minimum absolute atomic E-state index is 0. The minimum Gasteiger partial charge on any atom is -0.504 e. The molecule has 4 aromatic rings. The summed E-state index contributed by atoms with van der Waals surface area (Å²) in [5, 5.41) is 22.6. The summed E-state index contributed by atoms with van der Waals surface area (Å²) >= 11 is 23.9. The molecule has 0 saturated heterocycles. The average molecular weight is 616 g/mol. The van der Waals surface area contributed by atoms with Crippen LogP contribution in [0.4, 0.5) is 0 Å². The second kappa shape index (κ2) is 16.3. The Bertz CT molecular complexity index is 1390. The summed E-state index contributed by atoms with van der Waals surface area (Å²) < 4.78 is 11.0. The van der Waals surface area contributed by atoms with Crippen molar-refractivity contribution in [2.24, 2.45) is 0 Å². The SMILES string of the molecule is C.CCCCCOCc1ccc2c(Cl)cc(Cl)c(O)c2n1.CCCOCc1ccc2c(Cl)cc(Cl)c(O)c2n1. The molecule has 0 spiro atoms. The molecule has 4 rings (SSSR count). The predicted octanol–water partition coefficient (Wildman–Crippen LogP) is 9.76. The van der Waals surface area contributed by atoms with Crippen LogP contribution in [0.25, 0.3) is 21.8 Å². The van der Waals surface area contributed by atoms with Crippen molar-refractivity contribution < 1.29 is 19.7 Å². The van der Waals surface area contributed by atoms with Crippen molar-refractivity contribution in [1.82, 2.24) is 9.97 Å². The first kappa shape index (κ1) is 33.1. The van der Waals surface area contributed by atoms with Gasteiger partial charge in [0.15, 0.2) is 11.5 Å². The lowest BCUT2D eigenvalue weighted by Gasteiger charge is -2.08. The summed E-state index contributed by atoms with van der Waals surface area (Å²) in [7, 11) is 0. The highest BCUT2D eigenvalue weighted by molar-refractivity contribution is 6.40. The highest BCUT2D eigenvalue weighted by Crippen LogP contribution is 2.37. The van der Waals surface area contributed by atoms with Gasteiger partial charge in [0.05, 0.1) is 44.7 Å². The largest absolute Gasteiger partial charge is 0.504 e. The quantitative estimate of drug-likeness (QED) is 0.173. The number of hydrogen-bond acceptors (Lipinski definition) is 6. The summed E-state index contributed by atoms with van der Waals surface area (Å²) in [5.41, 5.74) is 2.31. The molecule has 0 aliphatic heterocycles. The molecule has 0 aliphatic carbocycles. The van der Waals surface area contributed by atoms with Crippen LogP contribution in [-0.4, -0.2) is 33.4 Å². The molecule has 212 valence electrons. The molecule has 2 heterocycles. The lowest BCUT2D eigenvalue weighted by Crippen LogP contribution is -1.98. The highest BCUT2D eigenvalue weighted by atomic mass is 35.5. The fourth-order valence-electron chi connectivity index (χ4n) is 3.60. The predicted molar refractivity (Wildman–Crippen MR) is 163 cm³/mol. The molecule has 0 amide bonds. The Morgan fingerprint density at radius 3 is 1.54 bits per heavy atom. The lowest BCUT2D eigenvalue weighted by atomic mass is 10.2. The second-order valence-electron chi connectivity index (χ2n) is 8.59. The van der Waals surface area contributed by atoms with E-state index in [1.54, 1.807) is 0 Å². The third-order valence-corrected chi connectivity index (χ3v) is 6.77. The number of phenolic OH excluding ortho intramolecular Hbond substituents is 2. The number of hydrogen-bond donors (Lipinski definition) is 2. The Balaban J connectivity index is 0.000000268. The topological polar surface area (TPSA) is 84.7 Å². The van der Waals surface area contributed by atoms with Crippen LogP contribution in [-0.2, 0) is 22.7 Å². The highest BCUT2D eigenvalue weighted by Gasteiger charge is 2.12. The van der Waals surface area contributed by atoms with Gasteiger partial charge in [0.2, 0.25) is 0 Å². The van der Waals surface area contributed by atoms with Gasteiger partial charge in [-0.1, -0.05) is 80.5 Å². The van der Waals surface area contributed by atoms with Crippen molar-refractivity contribution in [2.75, 3.05) is 13.2 Å². The standard InChI is InChI=1S/C15H17Cl2NO2.C13H13Cl2NO2.CH4/c1-2-3-4-7-20-9-10-5-6-11-12(16)8-13(17)15(19)14(11)18-10;1-2-5-18-7-8-3-4-9-10(14)6-11(15)13(17)12(9)16-8;/h5-6,8,19H,2-4,7,9H2,1H3;3-4,6,17H,2,5,7H2,1H3;1H4. The van der Waals surface area contributed by atoms with Crippen LogP contribution in [0.5, 0.6) is 11.5 Å². The van der Waals surface area contributed by atoms with E-state index >= 15 is 0 Å². The molecule has 10 heteroatoms. The van der Waals surface area contributed by atoms with Crippen molar-refractivity contribution in [3.63, 3.8) is 0 Å². The van der Waals surface area contributed by atoms with Gasteiger partial charge in [-0.15, -0.1) is 0 Å². The van der Waals surface area contributed by atoms with Crippen molar-refractivity contribution in [3.8, 4) is 11.5 Å². The summed E-state index contributed by atoms with van der Waals surface area (Å²) in [4.78, 5) is 8.69. The lowest BCUT2D eigenvalue weighted by molar-refractivity contribution is 0.115. The van der Waals surface area contributed by atoms with Crippen LogP contribution >= 0.6 is 46.4 Å². The summed E-state index contributed by atoms with van der Waals surface area (Å²) in [6.07, 6.45) is 4.34. The number of phenols is 2. The van der Waals surface area contributed by atoms with E-state index in [9.17, 15) is 10.2 Å². The maximum atomic E-state index is 9.95. The number of halogens is 4. The summed E-state index contributed by atoms with van der Waals surface area (Å²) in [6, 6.07) is 10.3. The Hall–Kier alpha value is -2.06. The molecule has 2 aromatic carbocycles. The Morgan fingerprint density at radius 1 is 0.641 bits per heavy atom. The fourth-order valence-corrected chi connectivity index (χ4v) is 4.63. The molecule has 0 unspecified atom stereocenters. The van der Waals surface area contributed by atoms with Gasteiger partial charge in [-0.05, 0) is 49.2 Å². The zero-order valence-electron chi connectivity index (χ0n) is 21.2. The maximum absolute atomic E-state index is 9.95. The molecule has 39 heavy (non-hydrogen) atoms. The van der Waals surface area contributed by atoms with Crippen molar-refractivity contribution in [1.29, 1.82) is 0 Å². The number of ether oxygens (including phenoxy) is 2. The first-order chi connectivity index (χ1) is 18.3. The van der Waals surface area contributed by atoms with E-state index in [1.807, 2.05) is 31.2 Å². The van der Waals surface area contributed by atoms with E-state index in [4.69, 9.17) is 55.9 Å². The van der Waals surface area contributed by atoms with Gasteiger partial charge in [0, 0.05) is 24.0 Å². The normalized spacial score (nSPS) is 10.8. The van der Waals surface area contributed by atoms with Gasteiger partial charge in [0.25, 0.3) is 0 Å². The van der Waals surface area contributed by atoms with E-state index in [0.29, 0.717) is 51.7 Å². The number of fused-ring (bicyclic) bond motifs is 2. The number of nitrogens with zero attached hydrogens (tertiary/aromatic N) is 2. The number of aromatic nitrogens is 2. The van der Waals surface area contributed by atoms with Crippen molar-refractivity contribution in [3.05, 3.63) is 67.9 Å². The molecule has 2 N–H and O–H groups in total. The molecule has 2 aromatic heterocycles. The Morgan fingerprint density at radius 2 is 1.10 bits per heavy atom. The summed E-state index contributed by atoms with van der Waals surface area (Å²) in [5.74, 6) is -0.0905. The molecule has 0 aliphatic rings. The van der Waals surface area contributed by atoms with E-state index in [0.717, 1.165) is 37.3 Å². The molecule has 0 bridgehead atoms. The second-order valence-corrected chi connectivity index (χ2v) is 10.2. The number of pyridine rings is 2. The molecule has 0 atom stereocenters. The molecule has 0 fully saturated rings. The Kier molecular flexibility index (Phi) is 13.8. The number of unbranched alkanes of at least 4 members (excludes halogenated alkanes) is 2. The maximum Gasteiger partial charge on any atom is 0.160 e. The number of rotatable bonds is 10. The van der Waals surface area contributed by atoms with Crippen molar-refractivity contribution >= 4 is 68.2 Å². The number of aromatic hydroxyl groups is 2. The van der Waals surface area contributed by atoms with Crippen molar-refractivity contribution in [2.45, 2.75) is 60.2 Å². The van der Waals surface area contributed by atoms with Crippen LogP contribution in [0.2, 0.25) is 20.1 Å². The van der Waals surface area contributed by atoms with Gasteiger partial charge >= 0.3 is 0 Å². The third kappa shape index (κ3) is 8.97. The zero-order chi connectivity index (χ0) is 27.7. The van der Waals surface area contributed by atoms with E-state index in [1.165, 1.54) is 18.6 Å². The van der Waals surface area contributed by atoms with E-state index in [2.05, 4.69) is 16.9 Å². The van der Waals surface area contributed by atoms with Gasteiger partial charge in [-0.2, -0.15) is 0 Å². The number of benzene rings is 2. The average Bonchev–Trinajstić information content (AvgIpc) is 2.91. The summed E-state index contributed by atoms with van der Waals surface area (Å²) in [6.45, 7) is 6.43. The van der Waals surface area contributed by atoms with Crippen LogP contribution in [0, 0.1) is 0 Å². The van der Waals surface area contributed by atoms with Gasteiger partial charge in [-0.3, -0.25) is 0 Å². The molecule has 0 radical (unpaired) electrons. The van der Waals surface area contributed by atoms with Crippen LogP contribution < -0.4 is 0 Å². The van der Waals surface area contributed by atoms with E-state index in [-0.39, 0.29) is 29.0 Å².